The zero-order chi connectivity index (χ0) is 25.7. The van der Waals surface area contributed by atoms with Crippen LogP contribution in [0.3, 0.4) is 0 Å². The van der Waals surface area contributed by atoms with Crippen LogP contribution in [-0.2, 0) is 11.3 Å². The van der Waals surface area contributed by atoms with Gasteiger partial charge in [-0.05, 0) is 61.9 Å². The summed E-state index contributed by atoms with van der Waals surface area (Å²) in [4.78, 5) is 31.4. The zero-order valence-corrected chi connectivity index (χ0v) is 19.9. The van der Waals surface area contributed by atoms with Crippen molar-refractivity contribution < 1.29 is 29.3 Å². The molecule has 0 saturated heterocycles. The number of aromatic carboxylic acids is 1. The van der Waals surface area contributed by atoms with Crippen molar-refractivity contribution in [1.82, 2.24) is 9.97 Å². The molecule has 8 heteroatoms. The molecule has 4 rings (SSSR count). The molecule has 4 aromatic rings. The number of nitrogens with one attached hydrogen (secondary N) is 1. The first-order chi connectivity index (χ1) is 17.4. The highest BCUT2D eigenvalue weighted by molar-refractivity contribution is 6.09. The number of nitrogens with zero attached hydrogens (tertiary/aromatic N) is 1. The largest absolute Gasteiger partial charge is 0.507 e. The van der Waals surface area contributed by atoms with Crippen LogP contribution < -0.4 is 4.74 Å². The van der Waals surface area contributed by atoms with Crippen LogP contribution in [0.4, 0.5) is 0 Å². The molecule has 3 N–H and O–H groups in total. The molecule has 1 aromatic heterocycles. The number of carbonyl (C=O) groups excluding carboxylic acids is 1. The number of fused-ring (bicyclic) bond motifs is 1. The van der Waals surface area contributed by atoms with E-state index >= 15 is 0 Å². The SMILES string of the molecule is CCOC(C)c1cccc2[nH]c(COc3cccc(C=CC(=O)c4ccc(C(=O)O)cc4O)c3)nc12. The number of imidazole rings is 1. The standard InChI is InChI=1S/C28H26N2O6/c1-3-35-17(2)21-8-5-9-23-27(21)30-26(29-23)16-36-20-7-4-6-18(14-20)10-13-24(31)22-12-11-19(28(33)34)15-25(22)32/h4-15,17,32H,3,16H2,1-2H3,(H,29,30)(H,33,34). The van der Waals surface area contributed by atoms with Crippen molar-refractivity contribution >= 4 is 28.9 Å². The summed E-state index contributed by atoms with van der Waals surface area (Å²) in [5.41, 5.74) is 3.42. The van der Waals surface area contributed by atoms with Gasteiger partial charge in [-0.3, -0.25) is 4.79 Å². The molecule has 1 heterocycles. The first-order valence-electron chi connectivity index (χ1n) is 11.5. The Hall–Kier alpha value is -4.43. The highest BCUT2D eigenvalue weighted by Gasteiger charge is 2.14. The highest BCUT2D eigenvalue weighted by atomic mass is 16.5. The first-order valence-corrected chi connectivity index (χ1v) is 11.5. The number of aromatic nitrogens is 2. The monoisotopic (exact) mass is 486 g/mol. The van der Waals surface area contributed by atoms with E-state index in [2.05, 4.69) is 4.98 Å². The maximum atomic E-state index is 12.5. The van der Waals surface area contributed by atoms with Crippen LogP contribution in [0.15, 0.2) is 66.7 Å². The third-order valence-electron chi connectivity index (χ3n) is 5.62. The van der Waals surface area contributed by atoms with Gasteiger partial charge < -0.3 is 24.7 Å². The lowest BCUT2D eigenvalue weighted by Gasteiger charge is -2.11. The summed E-state index contributed by atoms with van der Waals surface area (Å²) in [5, 5.41) is 19.0. The molecule has 0 aliphatic carbocycles. The Balaban J connectivity index is 1.44. The lowest BCUT2D eigenvalue weighted by molar-refractivity contribution is 0.0695. The van der Waals surface area contributed by atoms with Gasteiger partial charge in [-0.25, -0.2) is 9.78 Å². The fourth-order valence-corrected chi connectivity index (χ4v) is 3.84. The number of aromatic hydroxyl groups is 1. The van der Waals surface area contributed by atoms with E-state index in [0.29, 0.717) is 18.2 Å². The van der Waals surface area contributed by atoms with E-state index in [0.717, 1.165) is 28.2 Å². The van der Waals surface area contributed by atoms with E-state index in [9.17, 15) is 14.7 Å². The number of carboxylic acids is 1. The van der Waals surface area contributed by atoms with Crippen LogP contribution >= 0.6 is 0 Å². The molecule has 8 nitrogen and oxygen atoms in total. The quantitative estimate of drug-likeness (QED) is 0.199. The second-order valence-electron chi connectivity index (χ2n) is 8.12. The van der Waals surface area contributed by atoms with E-state index in [4.69, 9.17) is 19.6 Å². The number of H-pyrrole nitrogens is 1. The number of ketones is 1. The topological polar surface area (TPSA) is 122 Å². The van der Waals surface area contributed by atoms with Crippen molar-refractivity contribution in [1.29, 1.82) is 0 Å². The Morgan fingerprint density at radius 2 is 1.92 bits per heavy atom. The number of allylic oxidation sites excluding steroid dienone is 1. The van der Waals surface area contributed by atoms with Crippen LogP contribution in [0.1, 0.15) is 57.6 Å². The van der Waals surface area contributed by atoms with Crippen molar-refractivity contribution in [3.05, 3.63) is 94.8 Å². The number of benzene rings is 3. The molecule has 3 aromatic carbocycles. The van der Waals surface area contributed by atoms with Crippen molar-refractivity contribution in [2.75, 3.05) is 6.61 Å². The van der Waals surface area contributed by atoms with Gasteiger partial charge in [-0.2, -0.15) is 0 Å². The first kappa shape index (κ1) is 24.7. The number of carboxylic acid groups (broad SMARTS) is 1. The number of aromatic amines is 1. The van der Waals surface area contributed by atoms with Crippen molar-refractivity contribution in [2.45, 2.75) is 26.6 Å². The van der Waals surface area contributed by atoms with Gasteiger partial charge in [-0.15, -0.1) is 0 Å². The number of para-hydroxylation sites is 1. The van der Waals surface area contributed by atoms with E-state index in [1.165, 1.54) is 18.2 Å². The van der Waals surface area contributed by atoms with Crippen molar-refractivity contribution in [2.24, 2.45) is 0 Å². The summed E-state index contributed by atoms with van der Waals surface area (Å²) in [5.74, 6) is -0.736. The van der Waals surface area contributed by atoms with Gasteiger partial charge in [0.25, 0.3) is 0 Å². The summed E-state index contributed by atoms with van der Waals surface area (Å²) in [6.45, 7) is 4.81. The summed E-state index contributed by atoms with van der Waals surface area (Å²) in [6, 6.07) is 16.8. The van der Waals surface area contributed by atoms with Crippen molar-refractivity contribution in [3.63, 3.8) is 0 Å². The Morgan fingerprint density at radius 1 is 1.11 bits per heavy atom. The molecular formula is C28H26N2O6. The minimum atomic E-state index is -1.18. The minimum absolute atomic E-state index is 0.0200. The Morgan fingerprint density at radius 3 is 2.67 bits per heavy atom. The molecule has 36 heavy (non-hydrogen) atoms. The van der Waals surface area contributed by atoms with Gasteiger partial charge in [0.2, 0.25) is 0 Å². The fraction of sp³-hybridized carbons (Fsp3) is 0.179. The van der Waals surface area contributed by atoms with E-state index in [1.807, 2.05) is 38.1 Å². The molecule has 184 valence electrons. The summed E-state index contributed by atoms with van der Waals surface area (Å²) >= 11 is 0. The number of rotatable bonds is 10. The summed E-state index contributed by atoms with van der Waals surface area (Å²) in [6.07, 6.45) is 2.84. The molecule has 0 aliphatic rings. The maximum Gasteiger partial charge on any atom is 0.335 e. The number of ether oxygens (including phenoxy) is 2. The Bertz CT molecular complexity index is 1440. The van der Waals surface area contributed by atoms with Gasteiger partial charge in [0.1, 0.15) is 23.9 Å². The smallest absolute Gasteiger partial charge is 0.335 e. The van der Waals surface area contributed by atoms with Crippen LogP contribution in [-0.4, -0.2) is 38.5 Å². The zero-order valence-electron chi connectivity index (χ0n) is 19.9. The Labute approximate surface area is 207 Å². The lowest BCUT2D eigenvalue weighted by atomic mass is 10.1. The molecule has 1 unspecified atom stereocenters. The molecule has 0 radical (unpaired) electrons. The normalized spacial score (nSPS) is 12.2. The van der Waals surface area contributed by atoms with E-state index in [-0.39, 0.29) is 29.6 Å². The molecule has 0 amide bonds. The number of phenolic OH excluding ortho intramolecular Hbond substituents is 1. The number of hydrogen-bond acceptors (Lipinski definition) is 6. The molecule has 0 saturated carbocycles. The third-order valence-corrected chi connectivity index (χ3v) is 5.62. The minimum Gasteiger partial charge on any atom is -0.507 e. The van der Waals surface area contributed by atoms with Gasteiger partial charge >= 0.3 is 5.97 Å². The van der Waals surface area contributed by atoms with E-state index < -0.39 is 11.8 Å². The van der Waals surface area contributed by atoms with Gasteiger partial charge in [0.05, 0.1) is 28.3 Å². The van der Waals surface area contributed by atoms with Crippen LogP contribution in [0.5, 0.6) is 11.5 Å². The van der Waals surface area contributed by atoms with Gasteiger partial charge in [0, 0.05) is 12.2 Å². The van der Waals surface area contributed by atoms with Crippen LogP contribution in [0.25, 0.3) is 17.1 Å². The molecular weight excluding hydrogens is 460 g/mol. The summed E-state index contributed by atoms with van der Waals surface area (Å²) < 4.78 is 11.6. The maximum absolute atomic E-state index is 12.5. The molecule has 0 spiro atoms. The van der Waals surface area contributed by atoms with Crippen molar-refractivity contribution in [3.8, 4) is 11.5 Å². The second kappa shape index (κ2) is 10.9. The highest BCUT2D eigenvalue weighted by Crippen LogP contribution is 2.26. The van der Waals surface area contributed by atoms with Crippen LogP contribution in [0.2, 0.25) is 0 Å². The predicted molar refractivity (Wildman–Crippen MR) is 135 cm³/mol. The lowest BCUT2D eigenvalue weighted by Crippen LogP contribution is -2.00. The predicted octanol–water partition coefficient (Wildman–Crippen LogP) is 5.54. The number of carbonyl (C=O) groups is 2. The third kappa shape index (κ3) is 5.61. The van der Waals surface area contributed by atoms with Crippen LogP contribution in [0, 0.1) is 0 Å². The number of phenols is 1. The molecule has 0 aliphatic heterocycles. The summed E-state index contributed by atoms with van der Waals surface area (Å²) in [7, 11) is 0. The van der Waals surface area contributed by atoms with E-state index in [1.54, 1.807) is 24.3 Å². The molecule has 1 atom stereocenters. The molecule has 0 bridgehead atoms. The molecule has 0 fully saturated rings. The van der Waals surface area contributed by atoms with Gasteiger partial charge in [-0.1, -0.05) is 30.3 Å². The number of hydrogen-bond donors (Lipinski definition) is 3. The average molecular weight is 487 g/mol. The second-order valence-corrected chi connectivity index (χ2v) is 8.12. The van der Waals surface area contributed by atoms with Gasteiger partial charge in [0.15, 0.2) is 5.78 Å². The average Bonchev–Trinajstić information content (AvgIpc) is 3.29. The Kier molecular flexibility index (Phi) is 7.46. The fourth-order valence-electron chi connectivity index (χ4n) is 3.84.